The molecule has 0 heterocycles. The lowest BCUT2D eigenvalue weighted by Gasteiger charge is -2.17. The highest BCUT2D eigenvalue weighted by molar-refractivity contribution is 7.89. The molecule has 0 aromatic heterocycles. The Morgan fingerprint density at radius 3 is 2.24 bits per heavy atom. The second-order valence-corrected chi connectivity index (χ2v) is 6.75. The molecule has 1 rings (SSSR count). The van der Waals surface area contributed by atoms with Crippen molar-refractivity contribution in [3.63, 3.8) is 0 Å². The molecule has 0 saturated heterocycles. The van der Waals surface area contributed by atoms with Gasteiger partial charge in [-0.2, -0.15) is 0 Å². The molecule has 0 bridgehead atoms. The summed E-state index contributed by atoms with van der Waals surface area (Å²) in [6.07, 6.45) is 0. The summed E-state index contributed by atoms with van der Waals surface area (Å²) in [4.78, 5) is -0.227. The van der Waals surface area contributed by atoms with Crippen LogP contribution in [-0.4, -0.2) is 31.9 Å². The Labute approximate surface area is 107 Å². The molecule has 0 aliphatic carbocycles. The average Bonchev–Trinajstić information content (AvgIpc) is 2.16. The fraction of sp³-hybridized carbons (Fsp3) is 0.455. The van der Waals surface area contributed by atoms with Crippen LogP contribution in [0.5, 0.6) is 5.75 Å². The summed E-state index contributed by atoms with van der Waals surface area (Å²) in [5.41, 5.74) is 0.565. The standard InChI is InChI=1S/C11H16ClNO3S/c1-7(2)8-5-6-9(12)11(10(8)14)17(15,16)13(3)4/h5-7,14H,1-4H3. The highest BCUT2D eigenvalue weighted by Crippen LogP contribution is 2.37. The van der Waals surface area contributed by atoms with Gasteiger partial charge in [0.05, 0.1) is 5.02 Å². The maximum Gasteiger partial charge on any atom is 0.247 e. The van der Waals surface area contributed by atoms with Crippen molar-refractivity contribution in [1.29, 1.82) is 0 Å². The molecule has 1 N–H and O–H groups in total. The van der Waals surface area contributed by atoms with E-state index in [1.807, 2.05) is 13.8 Å². The van der Waals surface area contributed by atoms with Crippen LogP contribution < -0.4 is 0 Å². The SMILES string of the molecule is CC(C)c1ccc(Cl)c(S(=O)(=O)N(C)C)c1O. The molecular formula is C11H16ClNO3S. The van der Waals surface area contributed by atoms with Gasteiger partial charge in [0.15, 0.2) is 0 Å². The molecule has 0 unspecified atom stereocenters. The maximum absolute atomic E-state index is 12.0. The van der Waals surface area contributed by atoms with Crippen LogP contribution in [-0.2, 0) is 10.0 Å². The number of hydrogen-bond donors (Lipinski definition) is 1. The third kappa shape index (κ3) is 2.56. The van der Waals surface area contributed by atoms with Crippen molar-refractivity contribution in [1.82, 2.24) is 4.31 Å². The fourth-order valence-electron chi connectivity index (χ4n) is 1.46. The number of benzene rings is 1. The minimum Gasteiger partial charge on any atom is -0.506 e. The first-order valence-electron chi connectivity index (χ1n) is 5.13. The molecule has 96 valence electrons. The summed E-state index contributed by atoms with van der Waals surface area (Å²) in [6.45, 7) is 3.74. The van der Waals surface area contributed by atoms with Crippen molar-refractivity contribution in [2.45, 2.75) is 24.7 Å². The van der Waals surface area contributed by atoms with E-state index < -0.39 is 10.0 Å². The van der Waals surface area contributed by atoms with Gasteiger partial charge in [0.1, 0.15) is 10.6 Å². The second-order valence-electron chi connectivity index (χ2n) is 4.26. The number of hydrogen-bond acceptors (Lipinski definition) is 3. The molecule has 0 saturated carbocycles. The first-order chi connectivity index (χ1) is 7.69. The van der Waals surface area contributed by atoms with Gasteiger partial charge in [-0.1, -0.05) is 31.5 Å². The van der Waals surface area contributed by atoms with Crippen LogP contribution in [0, 0.1) is 0 Å². The van der Waals surface area contributed by atoms with E-state index in [1.165, 1.54) is 20.2 Å². The van der Waals surface area contributed by atoms with Crippen LogP contribution in [0.2, 0.25) is 5.02 Å². The van der Waals surface area contributed by atoms with Crippen LogP contribution >= 0.6 is 11.6 Å². The number of halogens is 1. The number of phenols is 1. The molecule has 0 fully saturated rings. The highest BCUT2D eigenvalue weighted by atomic mass is 35.5. The monoisotopic (exact) mass is 277 g/mol. The van der Waals surface area contributed by atoms with E-state index in [-0.39, 0.29) is 21.6 Å². The van der Waals surface area contributed by atoms with E-state index in [4.69, 9.17) is 11.6 Å². The Bertz CT molecular complexity index is 524. The molecular weight excluding hydrogens is 262 g/mol. The molecule has 6 heteroatoms. The number of nitrogens with zero attached hydrogens (tertiary/aromatic N) is 1. The minimum absolute atomic E-state index is 0.0170. The predicted molar refractivity (Wildman–Crippen MR) is 68.1 cm³/mol. The first-order valence-corrected chi connectivity index (χ1v) is 6.95. The molecule has 0 amide bonds. The number of rotatable bonds is 3. The van der Waals surface area contributed by atoms with Crippen LogP contribution in [0.15, 0.2) is 17.0 Å². The van der Waals surface area contributed by atoms with Gasteiger partial charge in [0.25, 0.3) is 0 Å². The van der Waals surface area contributed by atoms with Crippen LogP contribution in [0.3, 0.4) is 0 Å². The van der Waals surface area contributed by atoms with Crippen molar-refractivity contribution in [2.75, 3.05) is 14.1 Å². The third-order valence-electron chi connectivity index (χ3n) is 2.48. The molecule has 1 aromatic rings. The van der Waals surface area contributed by atoms with E-state index in [1.54, 1.807) is 6.07 Å². The summed E-state index contributed by atoms with van der Waals surface area (Å²) in [7, 11) is -0.951. The van der Waals surface area contributed by atoms with Crippen molar-refractivity contribution < 1.29 is 13.5 Å². The lowest BCUT2D eigenvalue weighted by Crippen LogP contribution is -2.23. The van der Waals surface area contributed by atoms with E-state index in [0.717, 1.165) is 4.31 Å². The van der Waals surface area contributed by atoms with Crippen molar-refractivity contribution in [3.05, 3.63) is 22.7 Å². The van der Waals surface area contributed by atoms with Crippen molar-refractivity contribution >= 4 is 21.6 Å². The molecule has 4 nitrogen and oxygen atoms in total. The Balaban J connectivity index is 3.60. The fourth-order valence-corrected chi connectivity index (χ4v) is 2.94. The number of sulfonamides is 1. The number of aromatic hydroxyl groups is 1. The first kappa shape index (κ1) is 14.3. The van der Waals surface area contributed by atoms with Gasteiger partial charge in [-0.3, -0.25) is 0 Å². The topological polar surface area (TPSA) is 57.6 Å². The van der Waals surface area contributed by atoms with E-state index in [2.05, 4.69) is 0 Å². The third-order valence-corrected chi connectivity index (χ3v) is 4.79. The number of phenolic OH excluding ortho intramolecular Hbond substituents is 1. The molecule has 0 aliphatic heterocycles. The van der Waals surface area contributed by atoms with Gasteiger partial charge >= 0.3 is 0 Å². The quantitative estimate of drug-likeness (QED) is 0.923. The minimum atomic E-state index is -3.74. The maximum atomic E-state index is 12.0. The smallest absolute Gasteiger partial charge is 0.247 e. The summed E-state index contributed by atoms with van der Waals surface area (Å²) in [5.74, 6) is -0.246. The van der Waals surface area contributed by atoms with E-state index in [9.17, 15) is 13.5 Å². The Hall–Kier alpha value is -0.780. The van der Waals surface area contributed by atoms with Crippen molar-refractivity contribution in [3.8, 4) is 5.75 Å². The summed E-state index contributed by atoms with van der Waals surface area (Å²) in [5, 5.41) is 10.1. The molecule has 0 radical (unpaired) electrons. The molecule has 17 heavy (non-hydrogen) atoms. The lowest BCUT2D eigenvalue weighted by molar-refractivity contribution is 0.443. The lowest BCUT2D eigenvalue weighted by atomic mass is 10.0. The Morgan fingerprint density at radius 2 is 1.82 bits per heavy atom. The predicted octanol–water partition coefficient (Wildman–Crippen LogP) is 2.42. The second kappa shape index (κ2) is 4.84. The van der Waals surface area contributed by atoms with Gasteiger partial charge in [-0.05, 0) is 17.5 Å². The Kier molecular flexibility index (Phi) is 4.06. The van der Waals surface area contributed by atoms with Crippen molar-refractivity contribution in [2.24, 2.45) is 0 Å². The Morgan fingerprint density at radius 1 is 1.29 bits per heavy atom. The van der Waals surface area contributed by atoms with Gasteiger partial charge in [-0.15, -0.1) is 0 Å². The molecule has 0 atom stereocenters. The normalized spacial score (nSPS) is 12.4. The van der Waals surface area contributed by atoms with Gasteiger partial charge < -0.3 is 5.11 Å². The van der Waals surface area contributed by atoms with Crippen LogP contribution in [0.25, 0.3) is 0 Å². The van der Waals surface area contributed by atoms with E-state index >= 15 is 0 Å². The van der Waals surface area contributed by atoms with Gasteiger partial charge in [-0.25, -0.2) is 12.7 Å². The van der Waals surface area contributed by atoms with Gasteiger partial charge in [0, 0.05) is 14.1 Å². The summed E-state index contributed by atoms with van der Waals surface area (Å²) in [6, 6.07) is 3.13. The molecule has 0 aliphatic rings. The van der Waals surface area contributed by atoms with Crippen LogP contribution in [0.4, 0.5) is 0 Å². The van der Waals surface area contributed by atoms with E-state index in [0.29, 0.717) is 5.56 Å². The molecule has 1 aromatic carbocycles. The summed E-state index contributed by atoms with van der Waals surface area (Å²) >= 11 is 5.87. The zero-order valence-corrected chi connectivity index (χ0v) is 11.8. The zero-order chi connectivity index (χ0) is 13.4. The molecule has 0 spiro atoms. The van der Waals surface area contributed by atoms with Gasteiger partial charge in [0.2, 0.25) is 10.0 Å². The average molecular weight is 278 g/mol. The highest BCUT2D eigenvalue weighted by Gasteiger charge is 2.27. The summed E-state index contributed by atoms with van der Waals surface area (Å²) < 4.78 is 25.1. The zero-order valence-electron chi connectivity index (χ0n) is 10.2. The van der Waals surface area contributed by atoms with Crippen LogP contribution in [0.1, 0.15) is 25.3 Å². The largest absolute Gasteiger partial charge is 0.506 e.